The summed E-state index contributed by atoms with van der Waals surface area (Å²) in [7, 11) is 1.61. The lowest BCUT2D eigenvalue weighted by Crippen LogP contribution is -2.31. The van der Waals surface area contributed by atoms with E-state index in [0.717, 1.165) is 23.3 Å². The Labute approximate surface area is 181 Å². The number of rotatable bonds is 9. The molecule has 0 fully saturated rings. The molecule has 1 aromatic heterocycles. The third kappa shape index (κ3) is 5.54. The summed E-state index contributed by atoms with van der Waals surface area (Å²) >= 11 is 1.26. The van der Waals surface area contributed by atoms with E-state index >= 15 is 0 Å². The molecule has 30 heavy (non-hydrogen) atoms. The molecule has 1 amide bonds. The Kier molecular flexibility index (Phi) is 7.35. The van der Waals surface area contributed by atoms with Crippen molar-refractivity contribution in [3.63, 3.8) is 0 Å². The molecule has 3 rings (SSSR count). The van der Waals surface area contributed by atoms with Gasteiger partial charge in [0.05, 0.1) is 18.9 Å². The highest BCUT2D eigenvalue weighted by Gasteiger charge is 2.18. The van der Waals surface area contributed by atoms with Gasteiger partial charge in [0.15, 0.2) is 5.82 Å². The summed E-state index contributed by atoms with van der Waals surface area (Å²) < 4.78 is 6.58. The van der Waals surface area contributed by atoms with Gasteiger partial charge >= 0.3 is 0 Å². The molecule has 2 aromatic carbocycles. The van der Waals surface area contributed by atoms with Crippen molar-refractivity contribution in [2.75, 3.05) is 18.7 Å². The minimum Gasteiger partial charge on any atom is -0.497 e. The topological polar surface area (TPSA) is 95.1 Å². The van der Waals surface area contributed by atoms with Gasteiger partial charge in [-0.2, -0.15) is 0 Å². The van der Waals surface area contributed by atoms with Gasteiger partial charge in [-0.3, -0.25) is 4.79 Å². The Morgan fingerprint density at radius 2 is 1.83 bits per heavy atom. The van der Waals surface area contributed by atoms with E-state index in [2.05, 4.69) is 29.4 Å². The fourth-order valence-electron chi connectivity index (χ4n) is 3.11. The molecule has 3 N–H and O–H groups in total. The van der Waals surface area contributed by atoms with Crippen LogP contribution in [0.1, 0.15) is 31.9 Å². The quantitative estimate of drug-likeness (QED) is 0.401. The Hall–Kier alpha value is -3.00. The molecule has 158 valence electrons. The van der Waals surface area contributed by atoms with E-state index in [0.29, 0.717) is 16.9 Å². The number of nitrogens with two attached hydrogens (primary N) is 1. The second-order valence-electron chi connectivity index (χ2n) is 7.35. The van der Waals surface area contributed by atoms with Crippen LogP contribution in [0.4, 0.5) is 0 Å². The van der Waals surface area contributed by atoms with Crippen LogP contribution in [0.15, 0.2) is 59.8 Å². The van der Waals surface area contributed by atoms with Crippen molar-refractivity contribution >= 4 is 17.7 Å². The molecule has 0 saturated heterocycles. The number of methoxy groups -OCH3 is 1. The lowest BCUT2D eigenvalue weighted by atomic mass is 9.97. The fourth-order valence-corrected chi connectivity index (χ4v) is 3.78. The summed E-state index contributed by atoms with van der Waals surface area (Å²) in [6.07, 6.45) is 0.870. The van der Waals surface area contributed by atoms with Crippen molar-refractivity contribution in [2.45, 2.75) is 31.5 Å². The first-order valence-corrected chi connectivity index (χ1v) is 10.8. The van der Waals surface area contributed by atoms with Crippen LogP contribution < -0.4 is 15.9 Å². The number of carbonyl (C=O) groups excluding carboxylic acids is 1. The zero-order valence-corrected chi connectivity index (χ0v) is 18.2. The average molecular weight is 426 g/mol. The van der Waals surface area contributed by atoms with Gasteiger partial charge in [-0.1, -0.05) is 55.9 Å². The summed E-state index contributed by atoms with van der Waals surface area (Å²) in [5, 5.41) is 11.9. The fraction of sp³-hybridized carbons (Fsp3) is 0.318. The molecule has 0 aliphatic carbocycles. The summed E-state index contributed by atoms with van der Waals surface area (Å²) in [4.78, 5) is 12.6. The van der Waals surface area contributed by atoms with E-state index in [1.807, 2.05) is 54.6 Å². The Morgan fingerprint density at radius 1 is 1.13 bits per heavy atom. The summed E-state index contributed by atoms with van der Waals surface area (Å²) in [6.45, 7) is 4.29. The van der Waals surface area contributed by atoms with Crippen LogP contribution in [0.3, 0.4) is 0 Å². The number of ether oxygens (including phenoxy) is 1. The number of carbonyl (C=O) groups is 1. The number of thioether (sulfide) groups is 1. The molecule has 0 radical (unpaired) electrons. The third-order valence-electron chi connectivity index (χ3n) is 4.59. The van der Waals surface area contributed by atoms with Gasteiger partial charge in [0, 0.05) is 5.56 Å². The van der Waals surface area contributed by atoms with E-state index in [1.165, 1.54) is 16.4 Å². The predicted octanol–water partition coefficient (Wildman–Crippen LogP) is 3.66. The molecule has 0 aliphatic rings. The zero-order chi connectivity index (χ0) is 21.5. The molecule has 1 atom stereocenters. The molecule has 1 heterocycles. The number of amides is 1. The van der Waals surface area contributed by atoms with E-state index in [1.54, 1.807) is 7.11 Å². The molecule has 0 bridgehead atoms. The van der Waals surface area contributed by atoms with Crippen LogP contribution in [0.5, 0.6) is 5.75 Å². The van der Waals surface area contributed by atoms with Crippen molar-refractivity contribution in [3.8, 4) is 17.1 Å². The standard InChI is InChI=1S/C22H27N5O2S/c1-15(2)13-19(16-7-5-4-6-8-16)24-20(28)14-30-22-26-25-21(27(22)23)17-9-11-18(29-3)12-10-17/h4-12,15,19H,13-14,23H2,1-3H3,(H,24,28). The smallest absolute Gasteiger partial charge is 0.230 e. The molecular weight excluding hydrogens is 398 g/mol. The van der Waals surface area contributed by atoms with Crippen LogP contribution >= 0.6 is 11.8 Å². The largest absolute Gasteiger partial charge is 0.497 e. The molecule has 1 unspecified atom stereocenters. The number of nitrogens with one attached hydrogen (secondary N) is 1. The average Bonchev–Trinajstić information content (AvgIpc) is 3.12. The second kappa shape index (κ2) is 10.2. The Balaban J connectivity index is 1.63. The van der Waals surface area contributed by atoms with Gasteiger partial charge in [0.1, 0.15) is 5.75 Å². The van der Waals surface area contributed by atoms with Crippen molar-refractivity contribution in [1.29, 1.82) is 0 Å². The van der Waals surface area contributed by atoms with E-state index in [9.17, 15) is 4.79 Å². The van der Waals surface area contributed by atoms with E-state index in [-0.39, 0.29) is 17.7 Å². The Bertz CT molecular complexity index is 957. The van der Waals surface area contributed by atoms with Gasteiger partial charge in [-0.15, -0.1) is 10.2 Å². The highest BCUT2D eigenvalue weighted by molar-refractivity contribution is 7.99. The van der Waals surface area contributed by atoms with Crippen LogP contribution in [-0.2, 0) is 4.79 Å². The number of hydrogen-bond acceptors (Lipinski definition) is 6. The minimum absolute atomic E-state index is 0.0232. The van der Waals surface area contributed by atoms with Gasteiger partial charge in [-0.05, 0) is 42.2 Å². The number of nitrogens with zero attached hydrogens (tertiary/aromatic N) is 3. The van der Waals surface area contributed by atoms with Crippen LogP contribution in [-0.4, -0.2) is 33.6 Å². The first-order chi connectivity index (χ1) is 14.5. The van der Waals surface area contributed by atoms with E-state index < -0.39 is 0 Å². The molecule has 3 aromatic rings. The molecule has 0 saturated carbocycles. The number of benzene rings is 2. The molecule has 0 spiro atoms. The van der Waals surface area contributed by atoms with Crippen molar-refractivity contribution < 1.29 is 9.53 Å². The van der Waals surface area contributed by atoms with Crippen LogP contribution in [0, 0.1) is 5.92 Å². The molecule has 8 heteroatoms. The lowest BCUT2D eigenvalue weighted by Gasteiger charge is -2.21. The first-order valence-electron chi connectivity index (χ1n) is 9.80. The summed E-state index contributed by atoms with van der Waals surface area (Å²) in [5.41, 5.74) is 1.93. The first kappa shape index (κ1) is 21.7. The maximum absolute atomic E-state index is 12.6. The minimum atomic E-state index is -0.0662. The van der Waals surface area contributed by atoms with Gasteiger partial charge in [0.2, 0.25) is 11.1 Å². The number of nitrogen functional groups attached to an aromatic ring is 1. The van der Waals surface area contributed by atoms with Crippen molar-refractivity contribution in [2.24, 2.45) is 5.92 Å². The molecule has 7 nitrogen and oxygen atoms in total. The van der Waals surface area contributed by atoms with Crippen LogP contribution in [0.25, 0.3) is 11.4 Å². The summed E-state index contributed by atoms with van der Waals surface area (Å²) in [5.74, 6) is 8.04. The molecular formula is C22H27N5O2S. The monoisotopic (exact) mass is 425 g/mol. The predicted molar refractivity (Wildman–Crippen MR) is 120 cm³/mol. The maximum atomic E-state index is 12.6. The molecule has 0 aliphatic heterocycles. The zero-order valence-electron chi connectivity index (χ0n) is 17.4. The SMILES string of the molecule is COc1ccc(-c2nnc(SCC(=O)NC(CC(C)C)c3ccccc3)n2N)cc1. The highest BCUT2D eigenvalue weighted by Crippen LogP contribution is 2.24. The van der Waals surface area contributed by atoms with Crippen molar-refractivity contribution in [3.05, 3.63) is 60.2 Å². The van der Waals surface area contributed by atoms with Gasteiger partial charge in [-0.25, -0.2) is 4.68 Å². The lowest BCUT2D eigenvalue weighted by molar-refractivity contribution is -0.119. The van der Waals surface area contributed by atoms with E-state index in [4.69, 9.17) is 10.6 Å². The van der Waals surface area contributed by atoms with Gasteiger partial charge in [0.25, 0.3) is 0 Å². The van der Waals surface area contributed by atoms with Crippen LogP contribution in [0.2, 0.25) is 0 Å². The van der Waals surface area contributed by atoms with Gasteiger partial charge < -0.3 is 15.9 Å². The third-order valence-corrected chi connectivity index (χ3v) is 5.53. The number of aromatic nitrogens is 3. The maximum Gasteiger partial charge on any atom is 0.230 e. The second-order valence-corrected chi connectivity index (χ2v) is 8.30. The Morgan fingerprint density at radius 3 is 2.47 bits per heavy atom. The summed E-state index contributed by atoms with van der Waals surface area (Å²) in [6, 6.07) is 17.4. The van der Waals surface area contributed by atoms with Crippen molar-refractivity contribution in [1.82, 2.24) is 20.2 Å². The number of hydrogen-bond donors (Lipinski definition) is 2. The normalized spacial score (nSPS) is 12.0. The highest BCUT2D eigenvalue weighted by atomic mass is 32.2.